The summed E-state index contributed by atoms with van der Waals surface area (Å²) in [7, 11) is 0. The van der Waals surface area contributed by atoms with Gasteiger partial charge in [-0.25, -0.2) is 9.37 Å². The van der Waals surface area contributed by atoms with Crippen LogP contribution < -0.4 is 5.32 Å². The summed E-state index contributed by atoms with van der Waals surface area (Å²) in [4.78, 5) is 15.0. The molecule has 0 spiro atoms. The van der Waals surface area contributed by atoms with E-state index in [-0.39, 0.29) is 5.82 Å². The van der Waals surface area contributed by atoms with E-state index in [4.69, 9.17) is 11.6 Å². The van der Waals surface area contributed by atoms with Crippen LogP contribution in [0.25, 0.3) is 11.0 Å². The summed E-state index contributed by atoms with van der Waals surface area (Å²) in [6.45, 7) is 0. The van der Waals surface area contributed by atoms with Gasteiger partial charge in [-0.05, 0) is 22.0 Å². The molecule has 1 unspecified atom stereocenters. The second-order valence-corrected chi connectivity index (χ2v) is 4.21. The van der Waals surface area contributed by atoms with E-state index in [1.165, 1.54) is 0 Å². The molecule has 0 aliphatic heterocycles. The van der Waals surface area contributed by atoms with Gasteiger partial charge in [0.1, 0.15) is 5.82 Å². The van der Waals surface area contributed by atoms with E-state index in [1.807, 2.05) is 0 Å². The van der Waals surface area contributed by atoms with Gasteiger partial charge in [-0.2, -0.15) is 5.10 Å². The molecule has 0 saturated heterocycles. The molecule has 84 valence electrons. The van der Waals surface area contributed by atoms with Gasteiger partial charge >= 0.3 is 0 Å². The highest BCUT2D eigenvalue weighted by atomic mass is 79.9. The molecule has 2 N–H and O–H groups in total. The van der Waals surface area contributed by atoms with Crippen molar-refractivity contribution in [2.24, 2.45) is 0 Å². The Morgan fingerprint density at radius 3 is 3.12 bits per heavy atom. The first-order chi connectivity index (χ1) is 7.58. The molecule has 2 aromatic heterocycles. The number of hydrogen-bond acceptors (Lipinski definition) is 3. The van der Waals surface area contributed by atoms with Crippen molar-refractivity contribution in [3.05, 3.63) is 16.7 Å². The Kier molecular flexibility index (Phi) is 3.06. The van der Waals surface area contributed by atoms with Crippen molar-refractivity contribution in [2.75, 3.05) is 5.32 Å². The second-order valence-electron chi connectivity index (χ2n) is 2.91. The van der Waals surface area contributed by atoms with Crippen LogP contribution >= 0.6 is 27.5 Å². The van der Waals surface area contributed by atoms with Crippen LogP contribution in [0.3, 0.4) is 0 Å². The predicted molar refractivity (Wildman–Crippen MR) is 61.0 cm³/mol. The molecule has 0 aliphatic rings. The van der Waals surface area contributed by atoms with E-state index in [2.05, 4.69) is 36.4 Å². The van der Waals surface area contributed by atoms with Crippen molar-refractivity contribution < 1.29 is 9.18 Å². The molecule has 0 bridgehead atoms. The quantitative estimate of drug-likeness (QED) is 0.836. The van der Waals surface area contributed by atoms with E-state index >= 15 is 0 Å². The van der Waals surface area contributed by atoms with Crippen molar-refractivity contribution in [1.82, 2.24) is 15.2 Å². The Bertz CT molecular complexity index is 544. The van der Waals surface area contributed by atoms with E-state index in [0.29, 0.717) is 11.0 Å². The lowest BCUT2D eigenvalue weighted by atomic mass is 10.3. The van der Waals surface area contributed by atoms with Crippen molar-refractivity contribution in [2.45, 2.75) is 5.63 Å². The van der Waals surface area contributed by atoms with E-state index < -0.39 is 11.5 Å². The van der Waals surface area contributed by atoms with Crippen LogP contribution in [0.5, 0.6) is 0 Å². The van der Waals surface area contributed by atoms with Crippen LogP contribution in [0.15, 0.2) is 16.7 Å². The molecular formula is C8H5BrClFN4O. The van der Waals surface area contributed by atoms with Gasteiger partial charge in [0.2, 0.25) is 0 Å². The first-order valence-corrected chi connectivity index (χ1v) is 5.39. The van der Waals surface area contributed by atoms with Gasteiger partial charge < -0.3 is 5.32 Å². The summed E-state index contributed by atoms with van der Waals surface area (Å²) < 4.78 is 13.2. The van der Waals surface area contributed by atoms with Crippen LogP contribution in [-0.2, 0) is 4.79 Å². The Hall–Kier alpha value is -1.21. The van der Waals surface area contributed by atoms with Crippen LogP contribution in [0, 0.1) is 0 Å². The molecule has 8 heteroatoms. The fraction of sp³-hybridized carbons (Fsp3) is 0.125. The highest BCUT2D eigenvalue weighted by Gasteiger charge is 2.16. The zero-order valence-electron chi connectivity index (χ0n) is 7.67. The number of amides is 1. The number of nitrogens with zero attached hydrogens (tertiary/aromatic N) is 2. The van der Waals surface area contributed by atoms with E-state index in [0.717, 1.165) is 4.47 Å². The van der Waals surface area contributed by atoms with Gasteiger partial charge in [-0.15, -0.1) is 0 Å². The Morgan fingerprint density at radius 1 is 1.69 bits per heavy atom. The number of nitrogens with one attached hydrogen (secondary N) is 2. The standard InChI is InChI=1S/C8H5BrClFN4O/c9-3-1-4-6(12-2-3)14-15-7(4)13-8(16)5(10)11/h1-2,5H,(H2,12,13,14,15,16). The first-order valence-electron chi connectivity index (χ1n) is 4.16. The van der Waals surface area contributed by atoms with Crippen LogP contribution in [0.2, 0.25) is 0 Å². The molecule has 2 aromatic rings. The topological polar surface area (TPSA) is 70.7 Å². The smallest absolute Gasteiger partial charge is 0.275 e. The Balaban J connectivity index is 2.38. The molecule has 0 aromatic carbocycles. The third kappa shape index (κ3) is 2.14. The predicted octanol–water partition coefficient (Wildman–Crippen LogP) is 2.19. The SMILES string of the molecule is O=C(Nc1[nH]nc2ncc(Br)cc12)C(F)Cl. The van der Waals surface area contributed by atoms with Crippen molar-refractivity contribution >= 4 is 50.3 Å². The number of H-pyrrole nitrogens is 1. The van der Waals surface area contributed by atoms with Gasteiger partial charge in [0.05, 0.1) is 5.39 Å². The highest BCUT2D eigenvalue weighted by Crippen LogP contribution is 2.22. The number of rotatable bonds is 2. The maximum absolute atomic E-state index is 12.5. The number of fused-ring (bicyclic) bond motifs is 1. The number of halogens is 3. The van der Waals surface area contributed by atoms with Gasteiger partial charge in [0, 0.05) is 10.7 Å². The molecule has 2 rings (SSSR count). The highest BCUT2D eigenvalue weighted by molar-refractivity contribution is 9.10. The molecule has 0 radical (unpaired) electrons. The van der Waals surface area contributed by atoms with Crippen molar-refractivity contribution in [3.63, 3.8) is 0 Å². The minimum absolute atomic E-state index is 0.261. The Morgan fingerprint density at radius 2 is 2.44 bits per heavy atom. The molecule has 1 amide bonds. The normalized spacial score (nSPS) is 12.7. The minimum atomic E-state index is -2.10. The summed E-state index contributed by atoms with van der Waals surface area (Å²) >= 11 is 8.22. The lowest BCUT2D eigenvalue weighted by Crippen LogP contribution is -2.19. The minimum Gasteiger partial charge on any atom is -0.307 e. The maximum atomic E-state index is 12.5. The molecule has 16 heavy (non-hydrogen) atoms. The summed E-state index contributed by atoms with van der Waals surface area (Å²) in [5.74, 6) is -0.690. The zero-order chi connectivity index (χ0) is 11.7. The lowest BCUT2D eigenvalue weighted by Gasteiger charge is -2.01. The van der Waals surface area contributed by atoms with Crippen molar-refractivity contribution in [1.29, 1.82) is 0 Å². The summed E-state index contributed by atoms with van der Waals surface area (Å²) in [5.41, 5.74) is -1.68. The second kappa shape index (κ2) is 4.34. The monoisotopic (exact) mass is 306 g/mol. The van der Waals surface area contributed by atoms with Gasteiger partial charge in [-0.3, -0.25) is 9.89 Å². The number of pyridine rings is 1. The number of anilines is 1. The summed E-state index contributed by atoms with van der Waals surface area (Å²) in [6.07, 6.45) is 1.56. The average molecular weight is 308 g/mol. The largest absolute Gasteiger partial charge is 0.307 e. The third-order valence-corrected chi connectivity index (χ3v) is 2.45. The number of hydrogen-bond donors (Lipinski definition) is 2. The van der Waals surface area contributed by atoms with E-state index in [1.54, 1.807) is 12.3 Å². The fourth-order valence-electron chi connectivity index (χ4n) is 1.15. The number of aromatic amines is 1. The first kappa shape index (κ1) is 11.3. The number of alkyl halides is 2. The van der Waals surface area contributed by atoms with Crippen LogP contribution in [0.4, 0.5) is 10.2 Å². The Labute approximate surface area is 103 Å². The van der Waals surface area contributed by atoms with Gasteiger partial charge in [-0.1, -0.05) is 11.6 Å². The molecule has 0 aliphatic carbocycles. The van der Waals surface area contributed by atoms with Gasteiger partial charge in [0.15, 0.2) is 5.65 Å². The molecule has 5 nitrogen and oxygen atoms in total. The number of carbonyl (C=O) groups is 1. The fourth-order valence-corrected chi connectivity index (χ4v) is 1.53. The molecule has 0 fully saturated rings. The summed E-state index contributed by atoms with van der Waals surface area (Å²) in [5, 5.41) is 9.21. The average Bonchev–Trinajstić information content (AvgIpc) is 2.61. The van der Waals surface area contributed by atoms with Gasteiger partial charge in [0.25, 0.3) is 11.5 Å². The number of carbonyl (C=O) groups excluding carboxylic acids is 1. The molecular weight excluding hydrogens is 302 g/mol. The third-order valence-electron chi connectivity index (χ3n) is 1.82. The molecule has 2 heterocycles. The van der Waals surface area contributed by atoms with Crippen LogP contribution in [-0.4, -0.2) is 26.7 Å². The van der Waals surface area contributed by atoms with Crippen LogP contribution in [0.1, 0.15) is 0 Å². The lowest BCUT2D eigenvalue weighted by molar-refractivity contribution is -0.118. The summed E-state index contributed by atoms with van der Waals surface area (Å²) in [6, 6.07) is 1.70. The number of aromatic nitrogens is 3. The molecule has 0 saturated carbocycles. The zero-order valence-corrected chi connectivity index (χ0v) is 10.0. The van der Waals surface area contributed by atoms with Crippen molar-refractivity contribution in [3.8, 4) is 0 Å². The molecule has 1 atom stereocenters. The maximum Gasteiger partial charge on any atom is 0.275 e. The van der Waals surface area contributed by atoms with E-state index in [9.17, 15) is 9.18 Å².